The standard InChI is InChI=1S/C8H14BO3/c1-5(2)7(10)9-12-8(11)6(3)4/h5-6H,1-4H3. The molecular weight excluding hydrogens is 155 g/mol. The van der Waals surface area contributed by atoms with Crippen molar-refractivity contribution < 1.29 is 14.2 Å². The smallest absolute Gasteiger partial charge is 0.453 e. The maximum atomic E-state index is 10.9. The first kappa shape index (κ1) is 11.2. The summed E-state index contributed by atoms with van der Waals surface area (Å²) in [4.78, 5) is 21.8. The van der Waals surface area contributed by atoms with Crippen LogP contribution in [0.5, 0.6) is 0 Å². The Morgan fingerprint density at radius 1 is 1.08 bits per heavy atom. The molecule has 0 atom stereocenters. The van der Waals surface area contributed by atoms with E-state index in [1.54, 1.807) is 27.7 Å². The van der Waals surface area contributed by atoms with Crippen molar-refractivity contribution in [3.8, 4) is 0 Å². The third kappa shape index (κ3) is 4.16. The number of rotatable bonds is 4. The van der Waals surface area contributed by atoms with Crippen molar-refractivity contribution in [2.24, 2.45) is 11.8 Å². The molecule has 0 aromatic rings. The van der Waals surface area contributed by atoms with Crippen molar-refractivity contribution in [1.82, 2.24) is 0 Å². The third-order valence-corrected chi connectivity index (χ3v) is 1.33. The molecular formula is C8H14BO3. The fraction of sp³-hybridized carbons (Fsp3) is 0.750. The van der Waals surface area contributed by atoms with Crippen LogP contribution in [0.3, 0.4) is 0 Å². The van der Waals surface area contributed by atoms with Crippen LogP contribution >= 0.6 is 0 Å². The van der Waals surface area contributed by atoms with Crippen molar-refractivity contribution in [2.75, 3.05) is 0 Å². The lowest BCUT2D eigenvalue weighted by molar-refractivity contribution is -0.138. The van der Waals surface area contributed by atoms with Gasteiger partial charge >= 0.3 is 7.48 Å². The summed E-state index contributed by atoms with van der Waals surface area (Å²) < 4.78 is 4.61. The van der Waals surface area contributed by atoms with Crippen LogP contribution in [0.25, 0.3) is 0 Å². The Bertz CT molecular complexity index is 155. The van der Waals surface area contributed by atoms with Gasteiger partial charge in [0.15, 0.2) is 0 Å². The minimum atomic E-state index is -0.371. The van der Waals surface area contributed by atoms with Crippen molar-refractivity contribution in [2.45, 2.75) is 27.7 Å². The Labute approximate surface area is 73.8 Å². The van der Waals surface area contributed by atoms with Crippen LogP contribution in [0.15, 0.2) is 0 Å². The summed E-state index contributed by atoms with van der Waals surface area (Å²) in [6.07, 6.45) is 0. The predicted octanol–water partition coefficient (Wildman–Crippen LogP) is 0.987. The molecule has 0 aliphatic rings. The molecule has 3 nitrogen and oxygen atoms in total. The number of hydrogen-bond acceptors (Lipinski definition) is 3. The van der Waals surface area contributed by atoms with E-state index >= 15 is 0 Å². The fourth-order valence-corrected chi connectivity index (χ4v) is 0.388. The molecule has 12 heavy (non-hydrogen) atoms. The summed E-state index contributed by atoms with van der Waals surface area (Å²) in [5, 5.41) is 0. The lowest BCUT2D eigenvalue weighted by Crippen LogP contribution is -2.23. The number of carbonyl (C=O) groups excluding carboxylic acids is 2. The molecule has 0 spiro atoms. The summed E-state index contributed by atoms with van der Waals surface area (Å²) in [7, 11) is 0.993. The number of hydrogen-bond donors (Lipinski definition) is 0. The monoisotopic (exact) mass is 169 g/mol. The molecule has 67 valence electrons. The Hall–Kier alpha value is -0.795. The Balaban J connectivity index is 3.69. The van der Waals surface area contributed by atoms with Crippen LogP contribution in [0, 0.1) is 11.8 Å². The van der Waals surface area contributed by atoms with E-state index in [4.69, 9.17) is 0 Å². The predicted molar refractivity (Wildman–Crippen MR) is 46.5 cm³/mol. The maximum absolute atomic E-state index is 10.9. The molecule has 1 radical (unpaired) electrons. The number of carbonyl (C=O) groups is 2. The van der Waals surface area contributed by atoms with Gasteiger partial charge < -0.3 is 9.45 Å². The van der Waals surface area contributed by atoms with Gasteiger partial charge in [0.1, 0.15) is 5.68 Å². The van der Waals surface area contributed by atoms with Crippen molar-refractivity contribution in [1.29, 1.82) is 0 Å². The van der Waals surface area contributed by atoms with Gasteiger partial charge in [-0.2, -0.15) is 0 Å². The van der Waals surface area contributed by atoms with Crippen LogP contribution in [-0.4, -0.2) is 19.1 Å². The Morgan fingerprint density at radius 3 is 1.92 bits per heavy atom. The summed E-state index contributed by atoms with van der Waals surface area (Å²) in [6.45, 7) is 6.94. The van der Waals surface area contributed by atoms with Gasteiger partial charge in [-0.25, -0.2) is 0 Å². The normalized spacial score (nSPS) is 10.2. The highest BCUT2D eigenvalue weighted by Crippen LogP contribution is 1.97. The average molecular weight is 169 g/mol. The minimum Gasteiger partial charge on any atom is -0.529 e. The molecule has 0 heterocycles. The second kappa shape index (κ2) is 4.96. The van der Waals surface area contributed by atoms with Gasteiger partial charge in [0.05, 0.1) is 0 Å². The largest absolute Gasteiger partial charge is 0.529 e. The second-order valence-corrected chi connectivity index (χ2v) is 3.27. The molecule has 0 N–H and O–H groups in total. The van der Waals surface area contributed by atoms with Gasteiger partial charge in [0.25, 0.3) is 5.97 Å². The zero-order valence-electron chi connectivity index (χ0n) is 7.96. The van der Waals surface area contributed by atoms with E-state index in [0.29, 0.717) is 0 Å². The summed E-state index contributed by atoms with van der Waals surface area (Å²) in [5.41, 5.74) is -0.163. The Kier molecular flexibility index (Phi) is 4.63. The van der Waals surface area contributed by atoms with E-state index in [2.05, 4.69) is 4.65 Å². The first-order chi connectivity index (χ1) is 5.45. The highest BCUT2D eigenvalue weighted by Gasteiger charge is 2.16. The molecule has 0 fully saturated rings. The van der Waals surface area contributed by atoms with Gasteiger partial charge in [-0.05, 0) is 0 Å². The third-order valence-electron chi connectivity index (χ3n) is 1.33. The van der Waals surface area contributed by atoms with E-state index < -0.39 is 0 Å². The SMILES string of the molecule is CC(C)C(=O)[B]OC(=O)C(C)C. The molecule has 0 unspecified atom stereocenters. The van der Waals surface area contributed by atoms with Gasteiger partial charge in [-0.1, -0.05) is 27.7 Å². The van der Waals surface area contributed by atoms with E-state index in [1.165, 1.54) is 0 Å². The highest BCUT2D eigenvalue weighted by atomic mass is 16.5. The molecule has 0 aliphatic carbocycles. The van der Waals surface area contributed by atoms with Crippen LogP contribution in [0.2, 0.25) is 0 Å². The first-order valence-electron chi connectivity index (χ1n) is 4.02. The van der Waals surface area contributed by atoms with Crippen molar-refractivity contribution in [3.63, 3.8) is 0 Å². The molecule has 0 saturated heterocycles. The zero-order chi connectivity index (χ0) is 9.72. The highest BCUT2D eigenvalue weighted by molar-refractivity contribution is 6.70. The van der Waals surface area contributed by atoms with E-state index in [1.807, 2.05) is 0 Å². The molecule has 0 saturated carbocycles. The minimum absolute atomic E-state index is 0.120. The van der Waals surface area contributed by atoms with Crippen LogP contribution in [0.1, 0.15) is 27.7 Å². The molecule has 0 aromatic heterocycles. The van der Waals surface area contributed by atoms with E-state index in [9.17, 15) is 9.59 Å². The summed E-state index contributed by atoms with van der Waals surface area (Å²) in [5.74, 6) is -0.685. The van der Waals surface area contributed by atoms with Gasteiger partial charge in [-0.15, -0.1) is 0 Å². The van der Waals surface area contributed by atoms with Gasteiger partial charge in [0, 0.05) is 11.8 Å². The molecule has 0 amide bonds. The van der Waals surface area contributed by atoms with Crippen LogP contribution in [0.4, 0.5) is 0 Å². The van der Waals surface area contributed by atoms with Crippen LogP contribution < -0.4 is 0 Å². The topological polar surface area (TPSA) is 43.4 Å². The maximum Gasteiger partial charge on any atom is 0.453 e. The quantitative estimate of drug-likeness (QED) is 0.589. The lowest BCUT2D eigenvalue weighted by Gasteiger charge is -2.06. The molecule has 0 aromatic carbocycles. The van der Waals surface area contributed by atoms with E-state index in [-0.39, 0.29) is 23.5 Å². The zero-order valence-corrected chi connectivity index (χ0v) is 7.96. The summed E-state index contributed by atoms with van der Waals surface area (Å²) in [6, 6.07) is 0. The van der Waals surface area contributed by atoms with Gasteiger partial charge in [-0.3, -0.25) is 4.79 Å². The van der Waals surface area contributed by atoms with Crippen molar-refractivity contribution >= 4 is 19.1 Å². The average Bonchev–Trinajstić information content (AvgIpc) is 1.98. The molecule has 4 heteroatoms. The lowest BCUT2D eigenvalue weighted by atomic mass is 9.85. The molecule has 0 aliphatic heterocycles. The second-order valence-electron chi connectivity index (χ2n) is 3.27. The Morgan fingerprint density at radius 2 is 1.58 bits per heavy atom. The summed E-state index contributed by atoms with van der Waals surface area (Å²) >= 11 is 0. The first-order valence-corrected chi connectivity index (χ1v) is 4.02. The molecule has 0 bridgehead atoms. The van der Waals surface area contributed by atoms with Crippen molar-refractivity contribution in [3.05, 3.63) is 0 Å². The molecule has 0 rings (SSSR count). The van der Waals surface area contributed by atoms with E-state index in [0.717, 1.165) is 7.48 Å². The van der Waals surface area contributed by atoms with Crippen LogP contribution in [-0.2, 0) is 14.2 Å². The fourth-order valence-electron chi connectivity index (χ4n) is 0.388. The van der Waals surface area contributed by atoms with Gasteiger partial charge in [0.2, 0.25) is 0 Å².